The largest absolute Gasteiger partial charge is 0.373 e. The fourth-order valence-electron chi connectivity index (χ4n) is 3.09. The van der Waals surface area contributed by atoms with Crippen LogP contribution in [0.15, 0.2) is 60.7 Å². The number of carbonyl (C=O) groups is 1. The molecule has 0 aliphatic carbocycles. The van der Waals surface area contributed by atoms with E-state index in [0.29, 0.717) is 19.1 Å². The molecule has 4 heteroatoms. The number of hydrogen-bond acceptors (Lipinski definition) is 3. The molecule has 0 radical (unpaired) electrons. The Hall–Kier alpha value is -2.17. The summed E-state index contributed by atoms with van der Waals surface area (Å²) in [5.74, 6) is 0.0775. The van der Waals surface area contributed by atoms with Crippen LogP contribution in [0.5, 0.6) is 0 Å². The van der Waals surface area contributed by atoms with Crippen LogP contribution in [0.25, 0.3) is 0 Å². The molecule has 0 saturated carbocycles. The van der Waals surface area contributed by atoms with Crippen LogP contribution < -0.4 is 5.32 Å². The van der Waals surface area contributed by atoms with Crippen molar-refractivity contribution in [3.05, 3.63) is 66.2 Å². The third-order valence-electron chi connectivity index (χ3n) is 4.58. The van der Waals surface area contributed by atoms with E-state index in [9.17, 15) is 4.79 Å². The van der Waals surface area contributed by atoms with Crippen LogP contribution in [0.1, 0.15) is 24.8 Å². The molecule has 3 rings (SSSR count). The normalized spacial score (nSPS) is 15.8. The Labute approximate surface area is 149 Å². The van der Waals surface area contributed by atoms with Crippen molar-refractivity contribution >= 4 is 11.6 Å². The van der Waals surface area contributed by atoms with Gasteiger partial charge in [-0.25, -0.2) is 0 Å². The number of rotatable bonds is 7. The van der Waals surface area contributed by atoms with E-state index in [1.807, 2.05) is 48.5 Å². The topological polar surface area (TPSA) is 41.6 Å². The maximum atomic E-state index is 12.0. The molecule has 0 atom stereocenters. The van der Waals surface area contributed by atoms with Crippen molar-refractivity contribution in [2.75, 3.05) is 25.0 Å². The first-order valence-corrected chi connectivity index (χ1v) is 9.02. The third kappa shape index (κ3) is 6.00. The van der Waals surface area contributed by atoms with E-state index < -0.39 is 0 Å². The lowest BCUT2D eigenvalue weighted by atomic mass is 10.1. The number of nitrogens with one attached hydrogen (secondary N) is 1. The van der Waals surface area contributed by atoms with Gasteiger partial charge >= 0.3 is 0 Å². The Kier molecular flexibility index (Phi) is 6.60. The second-order valence-electron chi connectivity index (χ2n) is 6.50. The van der Waals surface area contributed by atoms with Crippen LogP contribution in [0, 0.1) is 0 Å². The first-order chi connectivity index (χ1) is 12.3. The predicted molar refractivity (Wildman–Crippen MR) is 100 cm³/mol. The minimum absolute atomic E-state index is 0.0775. The van der Waals surface area contributed by atoms with Crippen LogP contribution >= 0.6 is 0 Å². The molecule has 0 unspecified atom stereocenters. The van der Waals surface area contributed by atoms with E-state index in [1.165, 1.54) is 5.56 Å². The zero-order valence-corrected chi connectivity index (χ0v) is 14.6. The summed E-state index contributed by atoms with van der Waals surface area (Å²) in [5, 5.41) is 2.94. The van der Waals surface area contributed by atoms with E-state index in [0.717, 1.165) is 38.2 Å². The van der Waals surface area contributed by atoms with Gasteiger partial charge in [0, 0.05) is 31.7 Å². The lowest BCUT2D eigenvalue weighted by molar-refractivity contribution is -0.116. The van der Waals surface area contributed by atoms with Crippen LogP contribution in [-0.2, 0) is 16.1 Å². The molecule has 4 nitrogen and oxygen atoms in total. The van der Waals surface area contributed by atoms with E-state index in [4.69, 9.17) is 4.74 Å². The maximum Gasteiger partial charge on any atom is 0.225 e. The molecule has 0 bridgehead atoms. The fourth-order valence-corrected chi connectivity index (χ4v) is 3.09. The van der Waals surface area contributed by atoms with Gasteiger partial charge in [-0.1, -0.05) is 48.5 Å². The molecule has 1 amide bonds. The molecule has 1 heterocycles. The van der Waals surface area contributed by atoms with Crippen LogP contribution in [0.3, 0.4) is 0 Å². The highest BCUT2D eigenvalue weighted by Crippen LogP contribution is 2.16. The minimum Gasteiger partial charge on any atom is -0.373 e. The van der Waals surface area contributed by atoms with Crippen molar-refractivity contribution in [3.8, 4) is 0 Å². The van der Waals surface area contributed by atoms with Gasteiger partial charge in [0.1, 0.15) is 0 Å². The summed E-state index contributed by atoms with van der Waals surface area (Å²) >= 11 is 0. The Bertz CT molecular complexity index is 637. The summed E-state index contributed by atoms with van der Waals surface area (Å²) < 4.78 is 6.02. The number of nitrogens with zero attached hydrogens (tertiary/aromatic N) is 1. The third-order valence-corrected chi connectivity index (χ3v) is 4.58. The van der Waals surface area contributed by atoms with Gasteiger partial charge in [0.15, 0.2) is 0 Å². The van der Waals surface area contributed by atoms with Crippen molar-refractivity contribution < 1.29 is 9.53 Å². The minimum atomic E-state index is 0.0775. The van der Waals surface area contributed by atoms with Crippen molar-refractivity contribution in [2.24, 2.45) is 0 Å². The second kappa shape index (κ2) is 9.35. The smallest absolute Gasteiger partial charge is 0.225 e. The molecule has 0 aromatic heterocycles. The number of ether oxygens (including phenoxy) is 1. The summed E-state index contributed by atoms with van der Waals surface area (Å²) in [6.45, 7) is 3.49. The lowest BCUT2D eigenvalue weighted by Crippen LogP contribution is -2.38. The molecule has 2 aromatic rings. The van der Waals surface area contributed by atoms with Crippen molar-refractivity contribution in [3.63, 3.8) is 0 Å². The summed E-state index contributed by atoms with van der Waals surface area (Å²) in [6.07, 6.45) is 2.93. The number of amides is 1. The molecule has 1 N–H and O–H groups in total. The van der Waals surface area contributed by atoms with E-state index in [2.05, 4.69) is 22.3 Å². The lowest BCUT2D eigenvalue weighted by Gasteiger charge is -2.31. The summed E-state index contributed by atoms with van der Waals surface area (Å²) in [6, 6.07) is 19.9. The first kappa shape index (κ1) is 17.6. The number of likely N-dealkylation sites (tertiary alicyclic amines) is 1. The molecular weight excluding hydrogens is 312 g/mol. The zero-order chi connectivity index (χ0) is 17.3. The van der Waals surface area contributed by atoms with Crippen molar-refractivity contribution in [2.45, 2.75) is 32.0 Å². The van der Waals surface area contributed by atoms with Crippen molar-refractivity contribution in [1.29, 1.82) is 0 Å². The van der Waals surface area contributed by atoms with Gasteiger partial charge in [0.2, 0.25) is 5.91 Å². The molecule has 1 saturated heterocycles. The molecule has 1 fully saturated rings. The zero-order valence-electron chi connectivity index (χ0n) is 14.6. The van der Waals surface area contributed by atoms with Gasteiger partial charge in [-0.15, -0.1) is 0 Å². The van der Waals surface area contributed by atoms with E-state index in [-0.39, 0.29) is 5.91 Å². The highest BCUT2D eigenvalue weighted by atomic mass is 16.5. The van der Waals surface area contributed by atoms with Gasteiger partial charge in [0.25, 0.3) is 0 Å². The van der Waals surface area contributed by atoms with Crippen LogP contribution in [-0.4, -0.2) is 36.5 Å². The average Bonchev–Trinajstić information content (AvgIpc) is 2.67. The van der Waals surface area contributed by atoms with E-state index >= 15 is 0 Å². The highest BCUT2D eigenvalue weighted by molar-refractivity contribution is 5.90. The maximum absolute atomic E-state index is 12.0. The van der Waals surface area contributed by atoms with Gasteiger partial charge in [-0.2, -0.15) is 0 Å². The Morgan fingerprint density at radius 1 is 1.00 bits per heavy atom. The van der Waals surface area contributed by atoms with E-state index in [1.54, 1.807) is 0 Å². The number of anilines is 1. The monoisotopic (exact) mass is 338 g/mol. The Balaban J connectivity index is 1.32. The number of hydrogen-bond donors (Lipinski definition) is 1. The Morgan fingerprint density at radius 2 is 1.64 bits per heavy atom. The number of para-hydroxylation sites is 1. The number of carbonyl (C=O) groups excluding carboxylic acids is 1. The molecule has 132 valence electrons. The van der Waals surface area contributed by atoms with Crippen LogP contribution in [0.2, 0.25) is 0 Å². The van der Waals surface area contributed by atoms with Crippen LogP contribution in [0.4, 0.5) is 5.69 Å². The summed E-state index contributed by atoms with van der Waals surface area (Å²) in [4.78, 5) is 14.4. The fraction of sp³-hybridized carbons (Fsp3) is 0.381. The quantitative estimate of drug-likeness (QED) is 0.837. The highest BCUT2D eigenvalue weighted by Gasteiger charge is 2.20. The molecule has 0 spiro atoms. The summed E-state index contributed by atoms with van der Waals surface area (Å²) in [7, 11) is 0. The molecule has 1 aliphatic rings. The van der Waals surface area contributed by atoms with Gasteiger partial charge in [0.05, 0.1) is 12.7 Å². The molecule has 25 heavy (non-hydrogen) atoms. The van der Waals surface area contributed by atoms with Gasteiger partial charge in [-0.05, 0) is 30.5 Å². The molecular formula is C21H26N2O2. The SMILES string of the molecule is O=C(CCN1CCC(OCc2ccccc2)CC1)Nc1ccccc1. The first-order valence-electron chi connectivity index (χ1n) is 9.02. The number of piperidine rings is 1. The number of benzene rings is 2. The predicted octanol–water partition coefficient (Wildman–Crippen LogP) is 3.70. The second-order valence-corrected chi connectivity index (χ2v) is 6.50. The van der Waals surface area contributed by atoms with Gasteiger partial charge in [-0.3, -0.25) is 4.79 Å². The Morgan fingerprint density at radius 3 is 2.32 bits per heavy atom. The van der Waals surface area contributed by atoms with Crippen molar-refractivity contribution in [1.82, 2.24) is 4.90 Å². The average molecular weight is 338 g/mol. The standard InChI is InChI=1S/C21H26N2O2/c24-21(22-19-9-5-2-6-10-19)13-16-23-14-11-20(12-15-23)25-17-18-7-3-1-4-8-18/h1-10,20H,11-17H2,(H,22,24). The molecule has 2 aromatic carbocycles. The van der Waals surface area contributed by atoms with Gasteiger partial charge < -0.3 is 15.0 Å². The summed E-state index contributed by atoms with van der Waals surface area (Å²) in [5.41, 5.74) is 2.09. The molecule has 1 aliphatic heterocycles.